The zero-order valence-corrected chi connectivity index (χ0v) is 11.2. The Morgan fingerprint density at radius 3 is 2.38 bits per heavy atom. The second-order valence-electron chi connectivity index (χ2n) is 3.21. The van der Waals surface area contributed by atoms with Crippen LogP contribution in [0.3, 0.4) is 0 Å². The van der Waals surface area contributed by atoms with Crippen molar-refractivity contribution in [3.8, 4) is 0 Å². The molecule has 0 unspecified atom stereocenters. The van der Waals surface area contributed by atoms with Crippen molar-refractivity contribution in [2.24, 2.45) is 5.73 Å². The number of pyridine rings is 1. The van der Waals surface area contributed by atoms with Gasteiger partial charge in [-0.1, -0.05) is 0 Å². The predicted molar refractivity (Wildman–Crippen MR) is 65.9 cm³/mol. The van der Waals surface area contributed by atoms with Crippen LogP contribution in [0.1, 0.15) is 19.4 Å². The summed E-state index contributed by atoms with van der Waals surface area (Å²) in [5.41, 5.74) is 6.60. The van der Waals surface area contributed by atoms with Crippen LogP contribution in [0.15, 0.2) is 22.9 Å². The molecule has 0 fully saturated rings. The highest BCUT2D eigenvalue weighted by atomic mass is 79.9. The Morgan fingerprint density at radius 2 is 1.94 bits per heavy atom. The molecule has 0 saturated heterocycles. The summed E-state index contributed by atoms with van der Waals surface area (Å²) in [4.78, 5) is 4.10. The van der Waals surface area contributed by atoms with Crippen molar-refractivity contribution < 1.29 is 9.47 Å². The fourth-order valence-electron chi connectivity index (χ4n) is 1.53. The fourth-order valence-corrected chi connectivity index (χ4v) is 1.90. The quantitative estimate of drug-likeness (QED) is 0.814. The molecule has 0 saturated carbocycles. The Kier molecular flexibility index (Phi) is 5.34. The van der Waals surface area contributed by atoms with E-state index in [1.54, 1.807) is 12.4 Å². The van der Waals surface area contributed by atoms with Gasteiger partial charge in [0.2, 0.25) is 5.79 Å². The number of hydrogen-bond acceptors (Lipinski definition) is 4. The van der Waals surface area contributed by atoms with Crippen molar-refractivity contribution >= 4 is 15.9 Å². The van der Waals surface area contributed by atoms with Gasteiger partial charge in [-0.25, -0.2) is 0 Å². The monoisotopic (exact) mass is 288 g/mol. The molecule has 5 heteroatoms. The molecule has 0 aliphatic rings. The number of rotatable bonds is 6. The molecule has 0 bridgehead atoms. The van der Waals surface area contributed by atoms with Crippen LogP contribution in [0.25, 0.3) is 0 Å². The molecule has 0 atom stereocenters. The number of nitrogens with two attached hydrogens (primary N) is 1. The molecule has 0 amide bonds. The zero-order chi connectivity index (χ0) is 12.0. The van der Waals surface area contributed by atoms with Crippen LogP contribution in [0, 0.1) is 0 Å². The first-order valence-corrected chi connectivity index (χ1v) is 6.06. The molecule has 16 heavy (non-hydrogen) atoms. The van der Waals surface area contributed by atoms with Gasteiger partial charge in [0, 0.05) is 35.6 Å². The van der Waals surface area contributed by atoms with Gasteiger partial charge in [0.25, 0.3) is 0 Å². The van der Waals surface area contributed by atoms with E-state index in [9.17, 15) is 0 Å². The van der Waals surface area contributed by atoms with Crippen LogP contribution in [0.5, 0.6) is 0 Å². The van der Waals surface area contributed by atoms with Gasteiger partial charge in [-0.15, -0.1) is 0 Å². The van der Waals surface area contributed by atoms with E-state index < -0.39 is 5.79 Å². The number of nitrogens with zero attached hydrogens (tertiary/aromatic N) is 1. The average molecular weight is 289 g/mol. The molecule has 4 nitrogen and oxygen atoms in total. The molecule has 0 spiro atoms. The van der Waals surface area contributed by atoms with Crippen LogP contribution < -0.4 is 5.73 Å². The van der Waals surface area contributed by atoms with E-state index in [0.717, 1.165) is 10.0 Å². The molecule has 1 aromatic heterocycles. The number of aromatic nitrogens is 1. The normalized spacial score (nSPS) is 11.8. The SMILES string of the molecule is CCOC(CN)(OCC)c1cncc(Br)c1. The van der Waals surface area contributed by atoms with Gasteiger partial charge in [-0.3, -0.25) is 4.98 Å². The van der Waals surface area contributed by atoms with Gasteiger partial charge >= 0.3 is 0 Å². The fraction of sp³-hybridized carbons (Fsp3) is 0.545. The van der Waals surface area contributed by atoms with Gasteiger partial charge in [0.1, 0.15) is 0 Å². The minimum atomic E-state index is -0.889. The van der Waals surface area contributed by atoms with E-state index in [1.165, 1.54) is 0 Å². The van der Waals surface area contributed by atoms with Crippen LogP contribution in [0.2, 0.25) is 0 Å². The third-order valence-electron chi connectivity index (χ3n) is 2.17. The maximum atomic E-state index is 5.77. The largest absolute Gasteiger partial charge is 0.345 e. The minimum absolute atomic E-state index is 0.257. The van der Waals surface area contributed by atoms with Gasteiger partial charge in [-0.2, -0.15) is 0 Å². The lowest BCUT2D eigenvalue weighted by Gasteiger charge is -2.32. The smallest absolute Gasteiger partial charge is 0.209 e. The van der Waals surface area contributed by atoms with Crippen molar-refractivity contribution in [1.82, 2.24) is 4.98 Å². The van der Waals surface area contributed by atoms with Crippen molar-refractivity contribution in [1.29, 1.82) is 0 Å². The van der Waals surface area contributed by atoms with Gasteiger partial charge < -0.3 is 15.2 Å². The molecule has 0 aromatic carbocycles. The van der Waals surface area contributed by atoms with Gasteiger partial charge in [-0.05, 0) is 35.8 Å². The first-order valence-electron chi connectivity index (χ1n) is 5.27. The summed E-state index contributed by atoms with van der Waals surface area (Å²) in [6.45, 7) is 5.14. The van der Waals surface area contributed by atoms with E-state index >= 15 is 0 Å². The molecular formula is C11H17BrN2O2. The third kappa shape index (κ3) is 3.01. The molecule has 0 aliphatic carbocycles. The van der Waals surface area contributed by atoms with Crippen LogP contribution in [-0.2, 0) is 15.3 Å². The predicted octanol–water partition coefficient (Wildman–Crippen LogP) is 2.03. The first-order chi connectivity index (χ1) is 7.68. The van der Waals surface area contributed by atoms with E-state index in [4.69, 9.17) is 15.2 Å². The van der Waals surface area contributed by atoms with E-state index in [1.807, 2.05) is 19.9 Å². The topological polar surface area (TPSA) is 57.4 Å². The Morgan fingerprint density at radius 1 is 1.31 bits per heavy atom. The maximum absolute atomic E-state index is 5.77. The van der Waals surface area contributed by atoms with Crippen molar-refractivity contribution in [2.75, 3.05) is 19.8 Å². The average Bonchev–Trinajstić information content (AvgIpc) is 2.28. The Balaban J connectivity index is 3.07. The van der Waals surface area contributed by atoms with Crippen molar-refractivity contribution in [3.63, 3.8) is 0 Å². The summed E-state index contributed by atoms with van der Waals surface area (Å²) in [7, 11) is 0. The summed E-state index contributed by atoms with van der Waals surface area (Å²) in [5.74, 6) is -0.889. The summed E-state index contributed by atoms with van der Waals surface area (Å²) >= 11 is 3.37. The van der Waals surface area contributed by atoms with Gasteiger partial charge in [0.15, 0.2) is 0 Å². The van der Waals surface area contributed by atoms with Crippen molar-refractivity contribution in [3.05, 3.63) is 28.5 Å². The second-order valence-corrected chi connectivity index (χ2v) is 4.13. The molecule has 2 N–H and O–H groups in total. The van der Waals surface area contributed by atoms with Crippen molar-refractivity contribution in [2.45, 2.75) is 19.6 Å². The summed E-state index contributed by atoms with van der Waals surface area (Å²) in [6.07, 6.45) is 3.42. The van der Waals surface area contributed by atoms with Crippen LogP contribution in [0.4, 0.5) is 0 Å². The summed E-state index contributed by atoms with van der Waals surface area (Å²) in [5, 5.41) is 0. The zero-order valence-electron chi connectivity index (χ0n) is 9.57. The van der Waals surface area contributed by atoms with Crippen LogP contribution >= 0.6 is 15.9 Å². The van der Waals surface area contributed by atoms with Gasteiger partial charge in [0.05, 0.1) is 6.54 Å². The van der Waals surface area contributed by atoms with E-state index in [0.29, 0.717) is 13.2 Å². The molecule has 1 heterocycles. The highest BCUT2D eigenvalue weighted by Crippen LogP contribution is 2.27. The molecule has 1 aromatic rings. The third-order valence-corrected chi connectivity index (χ3v) is 2.60. The molecule has 0 aliphatic heterocycles. The van der Waals surface area contributed by atoms with E-state index in [-0.39, 0.29) is 6.54 Å². The maximum Gasteiger partial charge on any atom is 0.209 e. The standard InChI is InChI=1S/C11H17BrN2O2/c1-3-15-11(8-13,16-4-2)9-5-10(12)7-14-6-9/h5-7H,3-4,8,13H2,1-2H3. The first kappa shape index (κ1) is 13.6. The lowest BCUT2D eigenvalue weighted by molar-refractivity contribution is -0.235. The molecule has 0 radical (unpaired) electrons. The number of ether oxygens (including phenoxy) is 2. The molecule has 90 valence electrons. The number of hydrogen-bond donors (Lipinski definition) is 1. The van der Waals surface area contributed by atoms with E-state index in [2.05, 4.69) is 20.9 Å². The highest BCUT2D eigenvalue weighted by Gasteiger charge is 2.32. The summed E-state index contributed by atoms with van der Waals surface area (Å²) < 4.78 is 12.2. The lowest BCUT2D eigenvalue weighted by atomic mass is 10.1. The Hall–Kier alpha value is -0.490. The Labute approximate surface area is 104 Å². The lowest BCUT2D eigenvalue weighted by Crippen LogP contribution is -2.41. The minimum Gasteiger partial charge on any atom is -0.345 e. The number of halogens is 1. The van der Waals surface area contributed by atoms with Crippen LogP contribution in [-0.4, -0.2) is 24.7 Å². The molecular weight excluding hydrogens is 272 g/mol. The second kappa shape index (κ2) is 6.30. The summed E-state index contributed by atoms with van der Waals surface area (Å²) in [6, 6.07) is 1.91. The molecule has 1 rings (SSSR count). The highest BCUT2D eigenvalue weighted by molar-refractivity contribution is 9.10. The Bertz CT molecular complexity index is 328.